The first-order valence-corrected chi connectivity index (χ1v) is 10.5. The Hall–Kier alpha value is 0.870. The molecule has 6 heteroatoms. The molecule has 2 unspecified atom stereocenters. The van der Waals surface area contributed by atoms with Gasteiger partial charge in [0.2, 0.25) is 0 Å². The van der Waals surface area contributed by atoms with Gasteiger partial charge >= 0.3 is 29.6 Å². The summed E-state index contributed by atoms with van der Waals surface area (Å²) in [4.78, 5) is 0. The number of rotatable bonds is 15. The third-order valence-electron chi connectivity index (χ3n) is 4.32. The molecule has 0 radical (unpaired) electrons. The van der Waals surface area contributed by atoms with Crippen LogP contribution in [0.4, 0.5) is 0 Å². The van der Waals surface area contributed by atoms with Crippen LogP contribution in [0, 0.1) is 0 Å². The van der Waals surface area contributed by atoms with E-state index in [4.69, 9.17) is 0 Å². The minimum absolute atomic E-state index is 0. The molecule has 0 aliphatic heterocycles. The summed E-state index contributed by atoms with van der Waals surface area (Å²) in [6.07, 6.45) is 11.5. The van der Waals surface area contributed by atoms with Gasteiger partial charge < -0.3 is 9.66 Å². The van der Waals surface area contributed by atoms with Gasteiger partial charge in [0.05, 0.1) is 16.2 Å². The standard InChI is InChI=1S/C17H36O4S.Na/c1-3-5-6-11-14-17(22(19,20)21)15-12-9-7-8-10-13-16(18)4-2;/h16-18H,3-15H2,1-2H3,(H,19,20,21);/q;+1/p-1. The molecule has 0 bridgehead atoms. The first-order valence-electron chi connectivity index (χ1n) is 9.04. The van der Waals surface area contributed by atoms with Crippen LogP contribution in [-0.4, -0.2) is 29.4 Å². The predicted octanol–water partition coefficient (Wildman–Crippen LogP) is 1.38. The number of hydrogen-bond donors (Lipinski definition) is 1. The van der Waals surface area contributed by atoms with Crippen LogP contribution in [0.3, 0.4) is 0 Å². The fourth-order valence-corrected chi connectivity index (χ4v) is 3.63. The molecule has 0 aromatic carbocycles. The van der Waals surface area contributed by atoms with Gasteiger partial charge in [0, 0.05) is 5.25 Å². The molecule has 0 aliphatic carbocycles. The summed E-state index contributed by atoms with van der Waals surface area (Å²) in [6.45, 7) is 4.09. The first-order chi connectivity index (χ1) is 10.4. The van der Waals surface area contributed by atoms with Crippen molar-refractivity contribution in [1.29, 1.82) is 0 Å². The monoisotopic (exact) mass is 358 g/mol. The van der Waals surface area contributed by atoms with Crippen LogP contribution in [0.5, 0.6) is 0 Å². The van der Waals surface area contributed by atoms with Crippen LogP contribution in [0.2, 0.25) is 0 Å². The Morgan fingerprint density at radius 1 is 0.826 bits per heavy atom. The topological polar surface area (TPSA) is 77.4 Å². The number of aliphatic hydroxyl groups is 1. The maximum Gasteiger partial charge on any atom is 1.00 e. The summed E-state index contributed by atoms with van der Waals surface area (Å²) in [6, 6.07) is 0. The molecule has 0 aromatic heterocycles. The van der Waals surface area contributed by atoms with E-state index in [9.17, 15) is 18.1 Å². The van der Waals surface area contributed by atoms with Crippen LogP contribution in [0.15, 0.2) is 0 Å². The SMILES string of the molecule is CCCCCCC(CCCCCCCC(O)CC)S(=O)(=O)[O-].[Na+]. The Balaban J connectivity index is 0. The molecule has 0 aliphatic rings. The van der Waals surface area contributed by atoms with Crippen molar-refractivity contribution in [2.75, 3.05) is 0 Å². The molecular formula is C17H35NaO4S. The zero-order chi connectivity index (χ0) is 16.8. The third kappa shape index (κ3) is 16.1. The summed E-state index contributed by atoms with van der Waals surface area (Å²) in [5.74, 6) is 0. The average molecular weight is 359 g/mol. The smallest absolute Gasteiger partial charge is 0.748 e. The molecule has 0 aromatic rings. The summed E-state index contributed by atoms with van der Waals surface area (Å²) in [5, 5.41) is 8.75. The summed E-state index contributed by atoms with van der Waals surface area (Å²) < 4.78 is 33.9. The minimum atomic E-state index is -4.15. The summed E-state index contributed by atoms with van der Waals surface area (Å²) >= 11 is 0. The maximum atomic E-state index is 11.3. The fraction of sp³-hybridized carbons (Fsp3) is 1.00. The molecule has 0 heterocycles. The number of aliphatic hydroxyl groups excluding tert-OH is 1. The molecule has 0 fully saturated rings. The fourth-order valence-electron chi connectivity index (χ4n) is 2.72. The molecule has 0 spiro atoms. The Bertz CT molecular complexity index is 347. The van der Waals surface area contributed by atoms with E-state index in [-0.39, 0.29) is 35.7 Å². The summed E-state index contributed by atoms with van der Waals surface area (Å²) in [7, 11) is -4.15. The van der Waals surface area contributed by atoms with Crippen molar-refractivity contribution in [1.82, 2.24) is 0 Å². The zero-order valence-corrected chi connectivity index (χ0v) is 18.2. The molecule has 0 saturated heterocycles. The molecule has 2 atom stereocenters. The van der Waals surface area contributed by atoms with Crippen molar-refractivity contribution in [3.05, 3.63) is 0 Å². The van der Waals surface area contributed by atoms with E-state index in [1.807, 2.05) is 6.92 Å². The van der Waals surface area contributed by atoms with E-state index in [1.54, 1.807) is 0 Å². The Kier molecular flexibility index (Phi) is 18.5. The summed E-state index contributed by atoms with van der Waals surface area (Å²) in [5.41, 5.74) is 0. The Morgan fingerprint density at radius 3 is 1.70 bits per heavy atom. The van der Waals surface area contributed by atoms with Gasteiger partial charge in [0.25, 0.3) is 0 Å². The van der Waals surface area contributed by atoms with Crippen LogP contribution >= 0.6 is 0 Å². The first kappa shape index (κ1) is 26.1. The predicted molar refractivity (Wildman–Crippen MR) is 90.9 cm³/mol. The van der Waals surface area contributed by atoms with Gasteiger partial charge in [0.15, 0.2) is 0 Å². The third-order valence-corrected chi connectivity index (χ3v) is 5.61. The van der Waals surface area contributed by atoms with Crippen molar-refractivity contribution < 1.29 is 47.6 Å². The maximum absolute atomic E-state index is 11.3. The second kappa shape index (κ2) is 16.3. The Morgan fingerprint density at radius 2 is 1.26 bits per heavy atom. The molecule has 4 nitrogen and oxygen atoms in total. The molecule has 0 saturated carbocycles. The Labute approximate surface area is 165 Å². The van der Waals surface area contributed by atoms with Gasteiger partial charge in [-0.2, -0.15) is 0 Å². The average Bonchev–Trinajstić information content (AvgIpc) is 2.46. The zero-order valence-electron chi connectivity index (χ0n) is 15.4. The van der Waals surface area contributed by atoms with Crippen molar-refractivity contribution in [2.24, 2.45) is 0 Å². The quantitative estimate of drug-likeness (QED) is 0.272. The second-order valence-electron chi connectivity index (χ2n) is 6.37. The van der Waals surface area contributed by atoms with E-state index in [2.05, 4.69) is 6.92 Å². The molecular weight excluding hydrogens is 323 g/mol. The van der Waals surface area contributed by atoms with Gasteiger partial charge in [-0.3, -0.25) is 0 Å². The normalized spacial score (nSPS) is 14.3. The van der Waals surface area contributed by atoms with Gasteiger partial charge in [-0.25, -0.2) is 8.42 Å². The van der Waals surface area contributed by atoms with Crippen LogP contribution in [0.25, 0.3) is 0 Å². The van der Waals surface area contributed by atoms with Crippen LogP contribution < -0.4 is 29.6 Å². The van der Waals surface area contributed by atoms with E-state index in [0.29, 0.717) is 12.8 Å². The number of unbranched alkanes of at least 4 members (excludes halogenated alkanes) is 7. The molecule has 23 heavy (non-hydrogen) atoms. The molecule has 0 rings (SSSR count). The van der Waals surface area contributed by atoms with Crippen molar-refractivity contribution in [3.8, 4) is 0 Å². The van der Waals surface area contributed by atoms with Gasteiger partial charge in [-0.05, 0) is 25.7 Å². The van der Waals surface area contributed by atoms with Crippen molar-refractivity contribution >= 4 is 10.1 Å². The molecule has 0 amide bonds. The number of hydrogen-bond acceptors (Lipinski definition) is 4. The van der Waals surface area contributed by atoms with E-state index in [1.165, 1.54) is 0 Å². The van der Waals surface area contributed by atoms with Gasteiger partial charge in [0.1, 0.15) is 0 Å². The van der Waals surface area contributed by atoms with E-state index >= 15 is 0 Å². The van der Waals surface area contributed by atoms with Gasteiger partial charge in [-0.1, -0.05) is 71.6 Å². The van der Waals surface area contributed by atoms with E-state index in [0.717, 1.165) is 70.6 Å². The van der Waals surface area contributed by atoms with Crippen molar-refractivity contribution in [3.63, 3.8) is 0 Å². The van der Waals surface area contributed by atoms with Crippen LogP contribution in [0.1, 0.15) is 97.3 Å². The molecule has 1 N–H and O–H groups in total. The van der Waals surface area contributed by atoms with Gasteiger partial charge in [-0.15, -0.1) is 0 Å². The van der Waals surface area contributed by atoms with Crippen molar-refractivity contribution in [2.45, 2.75) is 109 Å². The van der Waals surface area contributed by atoms with E-state index < -0.39 is 15.4 Å². The minimum Gasteiger partial charge on any atom is -0.748 e. The largest absolute Gasteiger partial charge is 1.00 e. The molecule has 134 valence electrons. The second-order valence-corrected chi connectivity index (χ2v) is 8.02. The van der Waals surface area contributed by atoms with Crippen LogP contribution in [-0.2, 0) is 10.1 Å².